The van der Waals surface area contributed by atoms with Gasteiger partial charge >= 0.3 is 0 Å². The third-order valence-electron chi connectivity index (χ3n) is 4.04. The van der Waals surface area contributed by atoms with Gasteiger partial charge in [0.2, 0.25) is 0 Å². The fourth-order valence-electron chi connectivity index (χ4n) is 2.61. The van der Waals surface area contributed by atoms with Crippen molar-refractivity contribution in [2.24, 2.45) is 5.10 Å². The molecule has 160 valence electrons. The normalized spacial score (nSPS) is 10.8. The van der Waals surface area contributed by atoms with E-state index in [0.717, 1.165) is 0 Å². The maximum atomic E-state index is 13.9. The van der Waals surface area contributed by atoms with Crippen LogP contribution in [0.4, 0.5) is 4.39 Å². The van der Waals surface area contributed by atoms with Gasteiger partial charge in [-0.05, 0) is 58.7 Å². The highest BCUT2D eigenvalue weighted by molar-refractivity contribution is 9.10. The predicted octanol–water partition coefficient (Wildman–Crippen LogP) is 5.38. The van der Waals surface area contributed by atoms with Gasteiger partial charge in [0.05, 0.1) is 22.9 Å². The Morgan fingerprint density at radius 1 is 1.26 bits per heavy atom. The summed E-state index contributed by atoms with van der Waals surface area (Å²) in [7, 11) is 0. The van der Waals surface area contributed by atoms with Crippen LogP contribution < -0.4 is 14.9 Å². The number of hydrogen-bond donors (Lipinski definition) is 1. The lowest BCUT2D eigenvalue weighted by molar-refractivity contribution is 0.0955. The second-order valence-corrected chi connectivity index (χ2v) is 7.40. The van der Waals surface area contributed by atoms with Crippen molar-refractivity contribution in [2.75, 3.05) is 6.61 Å². The van der Waals surface area contributed by atoms with E-state index in [9.17, 15) is 9.18 Å². The predicted molar refractivity (Wildman–Crippen MR) is 120 cm³/mol. The second-order valence-electron chi connectivity index (χ2n) is 6.18. The smallest absolute Gasteiger partial charge is 0.274 e. The molecule has 1 aromatic heterocycles. The van der Waals surface area contributed by atoms with Gasteiger partial charge in [-0.3, -0.25) is 4.79 Å². The lowest BCUT2D eigenvalue weighted by atomic mass is 10.2. The van der Waals surface area contributed by atoms with Crippen LogP contribution in [0.15, 0.2) is 64.3 Å². The van der Waals surface area contributed by atoms with Crippen LogP contribution in [-0.4, -0.2) is 23.7 Å². The first-order chi connectivity index (χ1) is 15.0. The van der Waals surface area contributed by atoms with Gasteiger partial charge in [-0.15, -0.1) is 0 Å². The average Bonchev–Trinajstić information content (AvgIpc) is 2.75. The van der Waals surface area contributed by atoms with Gasteiger partial charge in [0.25, 0.3) is 5.91 Å². The summed E-state index contributed by atoms with van der Waals surface area (Å²) < 4.78 is 25.9. The minimum atomic E-state index is -0.483. The van der Waals surface area contributed by atoms with Crippen LogP contribution in [0, 0.1) is 5.82 Å². The van der Waals surface area contributed by atoms with Crippen LogP contribution in [0.3, 0.4) is 0 Å². The number of hydrogen-bond acceptors (Lipinski definition) is 5. The van der Waals surface area contributed by atoms with E-state index in [1.807, 2.05) is 6.92 Å². The summed E-state index contributed by atoms with van der Waals surface area (Å²) >= 11 is 9.36. The van der Waals surface area contributed by atoms with Crippen LogP contribution in [0.2, 0.25) is 5.15 Å². The fraction of sp³-hybridized carbons (Fsp3) is 0.136. The molecule has 0 aliphatic carbocycles. The quantitative estimate of drug-likeness (QED) is 0.253. The molecule has 1 amide bonds. The Kier molecular flexibility index (Phi) is 7.97. The summed E-state index contributed by atoms with van der Waals surface area (Å²) in [6.45, 7) is 2.28. The Morgan fingerprint density at radius 2 is 2.06 bits per heavy atom. The number of halogens is 3. The second kappa shape index (κ2) is 10.9. The van der Waals surface area contributed by atoms with Crippen LogP contribution in [0.25, 0.3) is 0 Å². The Hall–Kier alpha value is -2.97. The lowest BCUT2D eigenvalue weighted by Gasteiger charge is -2.15. The zero-order chi connectivity index (χ0) is 22.2. The molecule has 0 fully saturated rings. The summed E-state index contributed by atoms with van der Waals surface area (Å²) in [6.07, 6.45) is 2.95. The number of aromatic nitrogens is 1. The van der Waals surface area contributed by atoms with Gasteiger partial charge in [0.1, 0.15) is 17.6 Å². The van der Waals surface area contributed by atoms with Crippen LogP contribution >= 0.6 is 27.5 Å². The lowest BCUT2D eigenvalue weighted by Crippen LogP contribution is -2.18. The topological polar surface area (TPSA) is 72.8 Å². The number of pyridine rings is 1. The molecule has 0 atom stereocenters. The maximum Gasteiger partial charge on any atom is 0.274 e. The fourth-order valence-corrected chi connectivity index (χ4v) is 3.39. The van der Waals surface area contributed by atoms with E-state index in [1.165, 1.54) is 18.5 Å². The van der Waals surface area contributed by atoms with Crippen LogP contribution in [-0.2, 0) is 6.61 Å². The summed E-state index contributed by atoms with van der Waals surface area (Å²) in [5.74, 6) is 0.0674. The molecule has 1 heterocycles. The van der Waals surface area contributed by atoms with E-state index in [2.05, 4.69) is 31.4 Å². The van der Waals surface area contributed by atoms with Gasteiger partial charge in [-0.1, -0.05) is 29.8 Å². The maximum absolute atomic E-state index is 13.9. The highest BCUT2D eigenvalue weighted by Gasteiger charge is 2.14. The molecule has 0 spiro atoms. The Bertz CT molecular complexity index is 1110. The number of ether oxygens (including phenoxy) is 2. The molecule has 3 aromatic rings. The van der Waals surface area contributed by atoms with Crippen molar-refractivity contribution in [3.63, 3.8) is 0 Å². The van der Waals surface area contributed by atoms with Crippen LogP contribution in [0.1, 0.15) is 28.4 Å². The average molecular weight is 507 g/mol. The Labute approximate surface area is 192 Å². The van der Waals surface area contributed by atoms with E-state index in [-0.39, 0.29) is 23.1 Å². The number of nitrogens with zero attached hydrogens (tertiary/aromatic N) is 2. The zero-order valence-electron chi connectivity index (χ0n) is 16.4. The molecule has 0 radical (unpaired) electrons. The van der Waals surface area contributed by atoms with Crippen LogP contribution in [0.5, 0.6) is 11.5 Å². The van der Waals surface area contributed by atoms with Gasteiger partial charge in [-0.25, -0.2) is 14.8 Å². The molecule has 3 rings (SSSR count). The first-order valence-corrected chi connectivity index (χ1v) is 10.4. The molecule has 31 heavy (non-hydrogen) atoms. The molecule has 0 aliphatic rings. The van der Waals surface area contributed by atoms with Crippen molar-refractivity contribution in [2.45, 2.75) is 13.5 Å². The van der Waals surface area contributed by atoms with Gasteiger partial charge in [0.15, 0.2) is 11.5 Å². The first kappa shape index (κ1) is 22.7. The van der Waals surface area contributed by atoms with Crippen molar-refractivity contribution in [3.05, 3.63) is 86.9 Å². The molecular weight excluding hydrogens is 489 g/mol. The molecule has 0 aliphatic heterocycles. The van der Waals surface area contributed by atoms with Gasteiger partial charge in [-0.2, -0.15) is 5.10 Å². The molecule has 1 N–H and O–H groups in total. The third-order valence-corrected chi connectivity index (χ3v) is 4.94. The summed E-state index contributed by atoms with van der Waals surface area (Å²) in [5.41, 5.74) is 3.70. The monoisotopic (exact) mass is 505 g/mol. The molecule has 2 aromatic carbocycles. The van der Waals surface area contributed by atoms with Gasteiger partial charge < -0.3 is 9.47 Å². The third kappa shape index (κ3) is 6.02. The number of carbonyl (C=O) groups excluding carboxylic acids is 1. The van der Waals surface area contributed by atoms with E-state index < -0.39 is 5.91 Å². The Balaban J connectivity index is 1.74. The standard InChI is InChI=1S/C22H18BrClFN3O3/c1-2-30-19-11-14(12-27-28-22(29)16-7-5-9-26-21(16)24)10-17(23)20(19)31-13-15-6-3-4-8-18(15)25/h3-12H,2,13H2,1H3,(H,28,29). The molecule has 9 heteroatoms. The number of amides is 1. The highest BCUT2D eigenvalue weighted by atomic mass is 79.9. The van der Waals surface area contributed by atoms with Crippen molar-refractivity contribution >= 4 is 39.7 Å². The number of hydrazone groups is 1. The Morgan fingerprint density at radius 3 is 2.81 bits per heavy atom. The summed E-state index contributed by atoms with van der Waals surface area (Å²) in [5, 5.41) is 4.05. The van der Waals surface area contributed by atoms with Crippen molar-refractivity contribution in [1.29, 1.82) is 0 Å². The van der Waals surface area contributed by atoms with Gasteiger partial charge in [0, 0.05) is 11.8 Å². The summed E-state index contributed by atoms with van der Waals surface area (Å²) in [6, 6.07) is 13.0. The number of nitrogens with one attached hydrogen (secondary N) is 1. The largest absolute Gasteiger partial charge is 0.490 e. The summed E-state index contributed by atoms with van der Waals surface area (Å²) in [4.78, 5) is 16.0. The number of rotatable bonds is 8. The van der Waals surface area contributed by atoms with E-state index >= 15 is 0 Å². The van der Waals surface area contributed by atoms with Crippen molar-refractivity contribution in [1.82, 2.24) is 10.4 Å². The molecule has 0 bridgehead atoms. The van der Waals surface area contributed by atoms with E-state index in [0.29, 0.717) is 33.7 Å². The van der Waals surface area contributed by atoms with Crippen molar-refractivity contribution < 1.29 is 18.7 Å². The van der Waals surface area contributed by atoms with E-state index in [4.69, 9.17) is 21.1 Å². The number of carbonyl (C=O) groups is 1. The highest BCUT2D eigenvalue weighted by Crippen LogP contribution is 2.37. The molecule has 0 saturated heterocycles. The minimum Gasteiger partial charge on any atom is -0.490 e. The molecule has 0 saturated carbocycles. The molecule has 6 nitrogen and oxygen atoms in total. The zero-order valence-corrected chi connectivity index (χ0v) is 18.8. The SMILES string of the molecule is CCOc1cc(C=NNC(=O)c2cccnc2Cl)cc(Br)c1OCc1ccccc1F. The van der Waals surface area contributed by atoms with Crippen molar-refractivity contribution in [3.8, 4) is 11.5 Å². The molecule has 0 unspecified atom stereocenters. The molecular formula is C22H18BrClFN3O3. The van der Waals surface area contributed by atoms with E-state index in [1.54, 1.807) is 42.5 Å². The minimum absolute atomic E-state index is 0.0424. The first-order valence-electron chi connectivity index (χ1n) is 9.26. The number of benzene rings is 2.